The Kier molecular flexibility index (Phi) is 6.24. The normalized spacial score (nSPS) is 17.1. The summed E-state index contributed by atoms with van der Waals surface area (Å²) in [6, 6.07) is 0.395. The third-order valence-electron chi connectivity index (χ3n) is 1.85. The highest BCUT2D eigenvalue weighted by Gasteiger charge is 2.04. The number of nitrogens with two attached hydrogens (primary N) is 1. The largest absolute Gasteiger partial charge is 0.328 e. The summed E-state index contributed by atoms with van der Waals surface area (Å²) in [4.78, 5) is 0. The summed E-state index contributed by atoms with van der Waals surface area (Å²) in [6.07, 6.45) is 7.79. The summed E-state index contributed by atoms with van der Waals surface area (Å²) in [7, 11) is 0. The number of allylic oxidation sites excluding steroid dienone is 2. The summed E-state index contributed by atoms with van der Waals surface area (Å²) >= 11 is 0. The van der Waals surface area contributed by atoms with Crippen molar-refractivity contribution in [2.24, 2.45) is 11.7 Å². The van der Waals surface area contributed by atoms with Crippen molar-refractivity contribution in [1.29, 1.82) is 0 Å². The average Bonchev–Trinajstić information content (AvgIpc) is 1.87. The predicted octanol–water partition coefficient (Wildman–Crippen LogP) is 2.72. The van der Waals surface area contributed by atoms with E-state index in [1.165, 1.54) is 6.42 Å². The first-order valence-electron chi connectivity index (χ1n) is 4.59. The molecule has 1 heteroatoms. The van der Waals surface area contributed by atoms with E-state index in [1.807, 2.05) is 0 Å². The van der Waals surface area contributed by atoms with Gasteiger partial charge < -0.3 is 5.73 Å². The Bertz CT molecular complexity index is 107. The summed E-state index contributed by atoms with van der Waals surface area (Å²) in [5.41, 5.74) is 5.88. The maximum atomic E-state index is 5.88. The average molecular weight is 155 g/mol. The molecule has 2 atom stereocenters. The SMILES string of the molecule is C/C=C/C(C)C[C@@H](N)CCC. The molecule has 0 aromatic heterocycles. The van der Waals surface area contributed by atoms with Crippen molar-refractivity contribution < 1.29 is 0 Å². The van der Waals surface area contributed by atoms with Gasteiger partial charge in [-0.2, -0.15) is 0 Å². The zero-order valence-electron chi connectivity index (χ0n) is 8.01. The lowest BCUT2D eigenvalue weighted by molar-refractivity contribution is 0.498. The quantitative estimate of drug-likeness (QED) is 0.607. The maximum Gasteiger partial charge on any atom is 0.00442 e. The van der Waals surface area contributed by atoms with Gasteiger partial charge >= 0.3 is 0 Å². The van der Waals surface area contributed by atoms with E-state index < -0.39 is 0 Å². The molecule has 0 bridgehead atoms. The standard InChI is InChI=1S/C10H21N/c1-4-6-9(3)8-10(11)7-5-2/h4,6,9-10H,5,7-8,11H2,1-3H3/b6-4+/t9?,10-/m0/s1. The van der Waals surface area contributed by atoms with E-state index >= 15 is 0 Å². The van der Waals surface area contributed by atoms with Crippen molar-refractivity contribution >= 4 is 0 Å². The van der Waals surface area contributed by atoms with Crippen LogP contribution in [0.1, 0.15) is 40.0 Å². The summed E-state index contributed by atoms with van der Waals surface area (Å²) in [5, 5.41) is 0. The summed E-state index contributed by atoms with van der Waals surface area (Å²) in [6.45, 7) is 6.46. The molecule has 0 radical (unpaired) electrons. The molecule has 0 aromatic rings. The van der Waals surface area contributed by atoms with Gasteiger partial charge in [-0.3, -0.25) is 0 Å². The lowest BCUT2D eigenvalue weighted by Gasteiger charge is -2.12. The zero-order valence-corrected chi connectivity index (χ0v) is 8.01. The minimum Gasteiger partial charge on any atom is -0.328 e. The van der Waals surface area contributed by atoms with Gasteiger partial charge in [0.25, 0.3) is 0 Å². The first kappa shape index (κ1) is 10.7. The molecule has 0 fully saturated rings. The number of rotatable bonds is 5. The van der Waals surface area contributed by atoms with Crippen LogP contribution >= 0.6 is 0 Å². The monoisotopic (exact) mass is 155 g/mol. The van der Waals surface area contributed by atoms with Crippen molar-refractivity contribution in [3.63, 3.8) is 0 Å². The first-order chi connectivity index (χ1) is 5.20. The van der Waals surface area contributed by atoms with Gasteiger partial charge in [-0.15, -0.1) is 0 Å². The van der Waals surface area contributed by atoms with Crippen LogP contribution in [0.15, 0.2) is 12.2 Å². The fraction of sp³-hybridized carbons (Fsp3) is 0.800. The third kappa shape index (κ3) is 6.11. The van der Waals surface area contributed by atoms with Crippen LogP contribution in [0.2, 0.25) is 0 Å². The van der Waals surface area contributed by atoms with Crippen LogP contribution in [-0.2, 0) is 0 Å². The van der Waals surface area contributed by atoms with Gasteiger partial charge in [0.05, 0.1) is 0 Å². The van der Waals surface area contributed by atoms with E-state index in [-0.39, 0.29) is 0 Å². The minimum atomic E-state index is 0.395. The molecule has 0 rings (SSSR count). The van der Waals surface area contributed by atoms with Crippen molar-refractivity contribution in [2.45, 2.75) is 46.1 Å². The number of hydrogen-bond donors (Lipinski definition) is 1. The van der Waals surface area contributed by atoms with Gasteiger partial charge in [-0.05, 0) is 25.7 Å². The van der Waals surface area contributed by atoms with E-state index in [9.17, 15) is 0 Å². The van der Waals surface area contributed by atoms with Crippen LogP contribution in [0.3, 0.4) is 0 Å². The van der Waals surface area contributed by atoms with Crippen LogP contribution in [0.4, 0.5) is 0 Å². The molecule has 0 saturated carbocycles. The maximum absolute atomic E-state index is 5.88. The fourth-order valence-electron chi connectivity index (χ4n) is 1.37. The zero-order chi connectivity index (χ0) is 8.69. The van der Waals surface area contributed by atoms with E-state index in [0.29, 0.717) is 12.0 Å². The smallest absolute Gasteiger partial charge is 0.00442 e. The lowest BCUT2D eigenvalue weighted by Crippen LogP contribution is -2.21. The van der Waals surface area contributed by atoms with Gasteiger partial charge in [0, 0.05) is 6.04 Å². The van der Waals surface area contributed by atoms with Crippen molar-refractivity contribution in [3.8, 4) is 0 Å². The van der Waals surface area contributed by atoms with Crippen LogP contribution in [0.25, 0.3) is 0 Å². The Morgan fingerprint density at radius 3 is 2.55 bits per heavy atom. The third-order valence-corrected chi connectivity index (χ3v) is 1.85. The van der Waals surface area contributed by atoms with Crippen molar-refractivity contribution in [1.82, 2.24) is 0 Å². The molecule has 0 heterocycles. The second-order valence-corrected chi connectivity index (χ2v) is 3.29. The molecular weight excluding hydrogens is 134 g/mol. The van der Waals surface area contributed by atoms with E-state index in [4.69, 9.17) is 5.73 Å². The van der Waals surface area contributed by atoms with Crippen molar-refractivity contribution in [2.75, 3.05) is 0 Å². The highest BCUT2D eigenvalue weighted by atomic mass is 14.6. The molecule has 0 amide bonds. The van der Waals surface area contributed by atoms with Crippen LogP contribution < -0.4 is 5.73 Å². The summed E-state index contributed by atoms with van der Waals surface area (Å²) < 4.78 is 0. The molecule has 0 aromatic carbocycles. The second-order valence-electron chi connectivity index (χ2n) is 3.29. The molecule has 0 aliphatic carbocycles. The van der Waals surface area contributed by atoms with E-state index in [0.717, 1.165) is 12.8 Å². The Hall–Kier alpha value is -0.300. The molecule has 0 spiro atoms. The van der Waals surface area contributed by atoms with Gasteiger partial charge in [-0.1, -0.05) is 32.4 Å². The van der Waals surface area contributed by atoms with Crippen LogP contribution in [0, 0.1) is 5.92 Å². The fourth-order valence-corrected chi connectivity index (χ4v) is 1.37. The molecule has 2 N–H and O–H groups in total. The highest BCUT2D eigenvalue weighted by molar-refractivity contribution is 4.84. The number of hydrogen-bond acceptors (Lipinski definition) is 1. The van der Waals surface area contributed by atoms with Crippen molar-refractivity contribution in [3.05, 3.63) is 12.2 Å². The Balaban J connectivity index is 3.48. The molecule has 66 valence electrons. The molecule has 1 unspecified atom stereocenters. The molecular formula is C10H21N. The van der Waals surface area contributed by atoms with E-state index in [1.54, 1.807) is 0 Å². The van der Waals surface area contributed by atoms with Gasteiger partial charge in [-0.25, -0.2) is 0 Å². The Morgan fingerprint density at radius 2 is 2.09 bits per heavy atom. The predicted molar refractivity (Wildman–Crippen MR) is 51.5 cm³/mol. The topological polar surface area (TPSA) is 26.0 Å². The van der Waals surface area contributed by atoms with Crippen LogP contribution in [0.5, 0.6) is 0 Å². The summed E-state index contributed by atoms with van der Waals surface area (Å²) in [5.74, 6) is 0.640. The Labute approximate surface area is 70.7 Å². The first-order valence-corrected chi connectivity index (χ1v) is 4.59. The lowest BCUT2D eigenvalue weighted by atomic mass is 9.99. The van der Waals surface area contributed by atoms with Gasteiger partial charge in [0.15, 0.2) is 0 Å². The van der Waals surface area contributed by atoms with Crippen LogP contribution in [-0.4, -0.2) is 6.04 Å². The molecule has 0 aliphatic rings. The minimum absolute atomic E-state index is 0.395. The van der Waals surface area contributed by atoms with Gasteiger partial charge in [0.2, 0.25) is 0 Å². The van der Waals surface area contributed by atoms with E-state index in [2.05, 4.69) is 32.9 Å². The molecule has 0 saturated heterocycles. The Morgan fingerprint density at radius 1 is 1.45 bits per heavy atom. The molecule has 1 nitrogen and oxygen atoms in total. The highest BCUT2D eigenvalue weighted by Crippen LogP contribution is 2.09. The van der Waals surface area contributed by atoms with Gasteiger partial charge in [0.1, 0.15) is 0 Å². The molecule has 11 heavy (non-hydrogen) atoms. The molecule has 0 aliphatic heterocycles. The second kappa shape index (κ2) is 6.41.